The molecule has 1 aromatic heterocycles. The van der Waals surface area contributed by atoms with Crippen molar-refractivity contribution in [3.8, 4) is 0 Å². The summed E-state index contributed by atoms with van der Waals surface area (Å²) in [7, 11) is 0. The number of aromatic carboxylic acids is 1. The summed E-state index contributed by atoms with van der Waals surface area (Å²) in [6.45, 7) is -1.05. The van der Waals surface area contributed by atoms with Crippen molar-refractivity contribution in [2.75, 3.05) is 22.9 Å². The SMILES string of the molecule is CC(C)Cn1c(N(Cc2ccccc2)CC(F)(F)F)c(C(=O)O)c(=O)c2c(N(Cc3ccccc3)CC(F)(F)F)c(F)ccc21. The highest BCUT2D eigenvalue weighted by Gasteiger charge is 2.38. The van der Waals surface area contributed by atoms with Gasteiger partial charge in [-0.3, -0.25) is 4.79 Å². The van der Waals surface area contributed by atoms with E-state index in [0.29, 0.717) is 20.9 Å². The first-order chi connectivity index (χ1) is 21.1. The summed E-state index contributed by atoms with van der Waals surface area (Å²) in [6, 6.07) is 17.5. The first kappa shape index (κ1) is 33.3. The molecule has 4 rings (SSSR count). The van der Waals surface area contributed by atoms with Gasteiger partial charge in [0.25, 0.3) is 0 Å². The zero-order valence-electron chi connectivity index (χ0n) is 24.3. The molecule has 13 heteroatoms. The molecule has 0 saturated carbocycles. The Bertz CT molecular complexity index is 1700. The van der Waals surface area contributed by atoms with Gasteiger partial charge < -0.3 is 19.5 Å². The number of fused-ring (bicyclic) bond motifs is 1. The van der Waals surface area contributed by atoms with Crippen LogP contribution in [0.3, 0.4) is 0 Å². The van der Waals surface area contributed by atoms with Crippen LogP contribution in [0.5, 0.6) is 0 Å². The van der Waals surface area contributed by atoms with Crippen molar-refractivity contribution in [3.05, 3.63) is 106 Å². The molecule has 0 amide bonds. The first-order valence-electron chi connectivity index (χ1n) is 13.9. The number of nitrogens with zero attached hydrogens (tertiary/aromatic N) is 3. The van der Waals surface area contributed by atoms with Gasteiger partial charge in [0.2, 0.25) is 5.43 Å². The summed E-state index contributed by atoms with van der Waals surface area (Å²) in [5.74, 6) is -4.06. The molecule has 0 fully saturated rings. The third-order valence-electron chi connectivity index (χ3n) is 6.88. The minimum absolute atomic E-state index is 0.140. The Balaban J connectivity index is 2.11. The normalized spacial score (nSPS) is 12.1. The number of hydrogen-bond donors (Lipinski definition) is 1. The first-order valence-corrected chi connectivity index (χ1v) is 13.9. The number of aromatic nitrogens is 1. The maximum atomic E-state index is 15.7. The van der Waals surface area contributed by atoms with Crippen LogP contribution in [0.15, 0.2) is 77.6 Å². The highest BCUT2D eigenvalue weighted by atomic mass is 19.4. The second-order valence-corrected chi connectivity index (χ2v) is 11.0. The number of hydrogen-bond acceptors (Lipinski definition) is 4. The lowest BCUT2D eigenvalue weighted by molar-refractivity contribution is -0.121. The smallest absolute Gasteiger partial charge is 0.405 e. The van der Waals surface area contributed by atoms with Gasteiger partial charge in [-0.15, -0.1) is 0 Å². The maximum Gasteiger partial charge on any atom is 0.405 e. The van der Waals surface area contributed by atoms with Crippen LogP contribution < -0.4 is 15.2 Å². The molecule has 0 aliphatic rings. The van der Waals surface area contributed by atoms with E-state index in [-0.39, 0.29) is 18.0 Å². The zero-order chi connectivity index (χ0) is 33.1. The molecule has 6 nitrogen and oxygen atoms in total. The van der Waals surface area contributed by atoms with Gasteiger partial charge in [0.15, 0.2) is 0 Å². The summed E-state index contributed by atoms with van der Waals surface area (Å²) >= 11 is 0. The fraction of sp³-hybridized carbons (Fsp3) is 0.312. The van der Waals surface area contributed by atoms with Crippen molar-refractivity contribution < 1.29 is 40.6 Å². The van der Waals surface area contributed by atoms with E-state index in [1.165, 1.54) is 24.3 Å². The molecule has 3 aromatic carbocycles. The van der Waals surface area contributed by atoms with Crippen LogP contribution in [0.1, 0.15) is 35.3 Å². The van der Waals surface area contributed by atoms with Gasteiger partial charge in [0, 0.05) is 19.6 Å². The molecule has 0 radical (unpaired) electrons. The molecular formula is C32H30F7N3O3. The number of alkyl halides is 6. The number of carboxylic acid groups (broad SMARTS) is 1. The van der Waals surface area contributed by atoms with E-state index in [0.717, 1.165) is 16.7 Å². The van der Waals surface area contributed by atoms with Gasteiger partial charge in [-0.25, -0.2) is 9.18 Å². The highest BCUT2D eigenvalue weighted by molar-refractivity contribution is 6.02. The number of pyridine rings is 1. The topological polar surface area (TPSA) is 65.8 Å². The Morgan fingerprint density at radius 2 is 1.29 bits per heavy atom. The van der Waals surface area contributed by atoms with Crippen LogP contribution in [-0.4, -0.2) is 41.1 Å². The summed E-state index contributed by atoms with van der Waals surface area (Å²) in [5, 5.41) is 9.61. The minimum Gasteiger partial charge on any atom is -0.477 e. The van der Waals surface area contributed by atoms with Crippen molar-refractivity contribution in [1.82, 2.24) is 4.57 Å². The molecule has 0 unspecified atom stereocenters. The van der Waals surface area contributed by atoms with E-state index < -0.39 is 78.2 Å². The van der Waals surface area contributed by atoms with Crippen LogP contribution in [0, 0.1) is 11.7 Å². The molecule has 45 heavy (non-hydrogen) atoms. The Morgan fingerprint density at radius 3 is 1.76 bits per heavy atom. The maximum absolute atomic E-state index is 15.7. The number of anilines is 2. The lowest BCUT2D eigenvalue weighted by Crippen LogP contribution is -2.40. The largest absolute Gasteiger partial charge is 0.477 e. The Labute approximate surface area is 253 Å². The van der Waals surface area contributed by atoms with E-state index in [9.17, 15) is 41.0 Å². The van der Waals surface area contributed by atoms with Crippen LogP contribution in [0.4, 0.5) is 42.2 Å². The van der Waals surface area contributed by atoms with E-state index in [1.807, 2.05) is 0 Å². The second kappa shape index (κ2) is 13.2. The number of carbonyl (C=O) groups is 1. The third-order valence-corrected chi connectivity index (χ3v) is 6.88. The summed E-state index contributed by atoms with van der Waals surface area (Å²) in [5.41, 5.74) is -2.79. The van der Waals surface area contributed by atoms with Gasteiger partial charge in [-0.05, 0) is 29.2 Å². The van der Waals surface area contributed by atoms with Crippen molar-refractivity contribution in [2.45, 2.75) is 45.8 Å². The minimum atomic E-state index is -4.87. The lowest BCUT2D eigenvalue weighted by Gasteiger charge is -2.33. The average molecular weight is 638 g/mol. The van der Waals surface area contributed by atoms with Crippen molar-refractivity contribution in [1.29, 1.82) is 0 Å². The molecule has 4 aromatic rings. The Morgan fingerprint density at radius 1 is 0.800 bits per heavy atom. The Kier molecular flexibility index (Phi) is 9.79. The van der Waals surface area contributed by atoms with Gasteiger partial charge in [0.1, 0.15) is 30.3 Å². The van der Waals surface area contributed by atoms with Crippen LogP contribution >= 0.6 is 0 Å². The van der Waals surface area contributed by atoms with E-state index in [2.05, 4.69) is 0 Å². The van der Waals surface area contributed by atoms with Crippen molar-refractivity contribution in [2.24, 2.45) is 5.92 Å². The molecule has 0 aliphatic heterocycles. The lowest BCUT2D eigenvalue weighted by atomic mass is 10.0. The molecule has 0 atom stereocenters. The van der Waals surface area contributed by atoms with Crippen LogP contribution in [-0.2, 0) is 19.6 Å². The van der Waals surface area contributed by atoms with Gasteiger partial charge >= 0.3 is 18.3 Å². The Hall–Kier alpha value is -4.55. The molecule has 1 N–H and O–H groups in total. The number of benzene rings is 3. The predicted octanol–water partition coefficient (Wildman–Crippen LogP) is 7.63. The highest BCUT2D eigenvalue weighted by Crippen LogP contribution is 2.36. The standard InChI is InChI=1S/C32H30F7N3O3/c1-20(2)15-42-24-14-13-23(33)27(40(18-31(34,35)36)16-21-9-5-3-6-10-21)25(24)28(43)26(30(44)45)29(42)41(19-32(37,38)39)17-22-11-7-4-8-12-22/h3-14,20H,15-19H2,1-2H3,(H,44,45). The average Bonchev–Trinajstić information content (AvgIpc) is 2.92. The third kappa shape index (κ3) is 8.14. The molecule has 240 valence electrons. The molecule has 0 saturated heterocycles. The van der Waals surface area contributed by atoms with E-state index in [1.54, 1.807) is 50.2 Å². The fourth-order valence-corrected chi connectivity index (χ4v) is 5.32. The summed E-state index contributed by atoms with van der Waals surface area (Å²) in [4.78, 5) is 28.1. The van der Waals surface area contributed by atoms with Crippen molar-refractivity contribution in [3.63, 3.8) is 0 Å². The summed E-state index contributed by atoms with van der Waals surface area (Å²) < 4.78 is 100. The monoisotopic (exact) mass is 637 g/mol. The molecule has 0 aliphatic carbocycles. The molecule has 0 bridgehead atoms. The number of carboxylic acids is 1. The molecule has 1 heterocycles. The molecular weight excluding hydrogens is 607 g/mol. The van der Waals surface area contributed by atoms with Gasteiger partial charge in [-0.1, -0.05) is 74.5 Å². The predicted molar refractivity (Wildman–Crippen MR) is 157 cm³/mol. The molecule has 0 spiro atoms. The van der Waals surface area contributed by atoms with Gasteiger partial charge in [0.05, 0.1) is 16.6 Å². The van der Waals surface area contributed by atoms with Gasteiger partial charge in [-0.2, -0.15) is 26.3 Å². The summed E-state index contributed by atoms with van der Waals surface area (Å²) in [6.07, 6.45) is -9.71. The second-order valence-electron chi connectivity index (χ2n) is 11.0. The zero-order valence-corrected chi connectivity index (χ0v) is 24.3. The number of rotatable bonds is 11. The van der Waals surface area contributed by atoms with Crippen molar-refractivity contribution >= 4 is 28.4 Å². The van der Waals surface area contributed by atoms with E-state index >= 15 is 4.39 Å². The number of halogens is 7. The fourth-order valence-electron chi connectivity index (χ4n) is 5.32. The van der Waals surface area contributed by atoms with Crippen LogP contribution in [0.25, 0.3) is 10.9 Å². The quantitative estimate of drug-likeness (QED) is 0.171. The van der Waals surface area contributed by atoms with E-state index in [4.69, 9.17) is 0 Å². The van der Waals surface area contributed by atoms with Crippen LogP contribution in [0.2, 0.25) is 0 Å².